The fourth-order valence-corrected chi connectivity index (χ4v) is 9.72. The van der Waals surface area contributed by atoms with Crippen molar-refractivity contribution in [1.29, 1.82) is 0 Å². The van der Waals surface area contributed by atoms with Gasteiger partial charge < -0.3 is 37.9 Å². The number of allylic oxidation sites excluding steroid dienone is 1. The van der Waals surface area contributed by atoms with Crippen LogP contribution >= 0.6 is 0 Å². The quantitative estimate of drug-likeness (QED) is 0.0421. The SMILES string of the molecule is C=C(C)C(=O)OCC(=O)OC1(C)C=CCC1.C=C(C)C(=O)OCC(=O)OC1(c2ccccc2)CCCCCC1.C=C(C)C(=O)OCC(=O)OC1(c2ccccc2)CCCCCCC1.C=CC1(OC(=O)COC(=O)C(=C)C)CCCC1C. The summed E-state index contributed by atoms with van der Waals surface area (Å²) in [7, 11) is 0. The minimum absolute atomic E-state index is 0.246. The summed E-state index contributed by atoms with van der Waals surface area (Å²) < 4.78 is 41.6. The van der Waals surface area contributed by atoms with E-state index in [0.717, 1.165) is 120 Å². The number of hydrogen-bond acceptors (Lipinski definition) is 16. The van der Waals surface area contributed by atoms with Crippen LogP contribution in [0.1, 0.15) is 168 Å². The lowest BCUT2D eigenvalue weighted by Crippen LogP contribution is -2.36. The van der Waals surface area contributed by atoms with E-state index in [2.05, 4.69) is 37.6 Å². The number of benzene rings is 2. The van der Waals surface area contributed by atoms with Crippen molar-refractivity contribution >= 4 is 47.8 Å². The zero-order valence-corrected chi connectivity index (χ0v) is 48.7. The normalized spacial score (nSPS) is 20.3. The van der Waals surface area contributed by atoms with E-state index in [1.807, 2.05) is 86.7 Å². The fraction of sp³-hybridized carbons (Fsp3) is 0.508. The standard InChI is InChI=1S/C20H26O4.C19H24O4.C14H20O4.C12H16O4/c1-16(2)19(22)23-15-18(21)24-20(17-11-7-6-8-12-17)13-9-4-3-5-10-14-20;1-15(2)18(21)22-14-17(20)23-19(12-8-3-4-9-13-19)16-10-6-5-7-11-16;1-5-14(8-6-7-11(14)4)18-12(15)9-17-13(16)10(2)3;1-9(2)11(14)15-8-10(13)16-12(3)6-4-5-7-12/h6-8,11-12H,1,3-5,9-10,13-15H2,2H3;5-7,10-11H,1,3-4,8-9,12-14H2,2H3;5,11H,1-2,6-9H2,3-4H3;4,6H,1,5,7-8H2,2-3H3. The van der Waals surface area contributed by atoms with E-state index in [-0.39, 0.29) is 54.6 Å². The van der Waals surface area contributed by atoms with Crippen LogP contribution in [0.15, 0.2) is 134 Å². The number of carbonyl (C=O) groups excluding carboxylic acids is 8. The third kappa shape index (κ3) is 23.3. The largest absolute Gasteiger partial charge is 0.453 e. The predicted octanol–water partition coefficient (Wildman–Crippen LogP) is 12.3. The molecule has 3 unspecified atom stereocenters. The summed E-state index contributed by atoms with van der Waals surface area (Å²) in [6.07, 6.45) is 23.1. The van der Waals surface area contributed by atoms with Gasteiger partial charge in [0.25, 0.3) is 0 Å². The molecular weight excluding hydrogens is 1040 g/mol. The molecule has 16 heteroatoms. The lowest BCUT2D eigenvalue weighted by Gasteiger charge is -2.35. The molecule has 6 rings (SSSR count). The molecule has 0 radical (unpaired) electrons. The van der Waals surface area contributed by atoms with Crippen LogP contribution in [0.5, 0.6) is 0 Å². The molecule has 0 saturated heterocycles. The third-order valence-electron chi connectivity index (χ3n) is 14.3. The maximum absolute atomic E-state index is 12.3. The van der Waals surface area contributed by atoms with Gasteiger partial charge in [0.15, 0.2) is 26.4 Å². The Morgan fingerprint density at radius 3 is 1.10 bits per heavy atom. The summed E-state index contributed by atoms with van der Waals surface area (Å²) in [6.45, 7) is 26.1. The first-order valence-electron chi connectivity index (χ1n) is 28.0. The number of hydrogen-bond donors (Lipinski definition) is 0. The molecule has 3 fully saturated rings. The van der Waals surface area contributed by atoms with Gasteiger partial charge in [0.05, 0.1) is 0 Å². The minimum Gasteiger partial charge on any atom is -0.453 e. The minimum atomic E-state index is -0.617. The van der Waals surface area contributed by atoms with Gasteiger partial charge in [0, 0.05) is 22.3 Å². The lowest BCUT2D eigenvalue weighted by molar-refractivity contribution is -0.172. The number of rotatable bonds is 19. The molecule has 3 atom stereocenters. The molecule has 4 aliphatic carbocycles. The van der Waals surface area contributed by atoms with Crippen molar-refractivity contribution in [1.82, 2.24) is 0 Å². The molecule has 4 aliphatic rings. The van der Waals surface area contributed by atoms with Crippen molar-refractivity contribution in [2.45, 2.75) is 180 Å². The zero-order valence-electron chi connectivity index (χ0n) is 48.7. The smallest absolute Gasteiger partial charge is 0.345 e. The van der Waals surface area contributed by atoms with Gasteiger partial charge in [0.1, 0.15) is 22.4 Å². The molecule has 0 aromatic heterocycles. The zero-order chi connectivity index (χ0) is 60.1. The highest BCUT2D eigenvalue weighted by atomic mass is 16.6. The van der Waals surface area contributed by atoms with E-state index in [1.54, 1.807) is 19.9 Å². The molecule has 16 nitrogen and oxygen atoms in total. The Hall–Kier alpha value is -7.36. The fourth-order valence-electron chi connectivity index (χ4n) is 9.72. The molecule has 2 aromatic rings. The van der Waals surface area contributed by atoms with Gasteiger partial charge in [-0.3, -0.25) is 0 Å². The van der Waals surface area contributed by atoms with Crippen LogP contribution in [0.3, 0.4) is 0 Å². The van der Waals surface area contributed by atoms with E-state index in [9.17, 15) is 38.4 Å². The van der Waals surface area contributed by atoms with Crippen molar-refractivity contribution in [2.75, 3.05) is 26.4 Å². The van der Waals surface area contributed by atoms with E-state index in [0.29, 0.717) is 0 Å². The van der Waals surface area contributed by atoms with Gasteiger partial charge in [-0.15, -0.1) is 0 Å². The lowest BCUT2D eigenvalue weighted by atomic mass is 9.81. The van der Waals surface area contributed by atoms with Gasteiger partial charge in [-0.25, -0.2) is 38.4 Å². The highest BCUT2D eigenvalue weighted by Crippen LogP contribution is 2.42. The molecule has 81 heavy (non-hydrogen) atoms. The Kier molecular flexibility index (Phi) is 28.5. The number of carbonyl (C=O) groups is 8. The average molecular weight is 1120 g/mol. The first-order chi connectivity index (χ1) is 38.4. The van der Waals surface area contributed by atoms with Crippen LogP contribution in [-0.2, 0) is 87.5 Å². The number of esters is 8. The summed E-state index contributed by atoms with van der Waals surface area (Å²) in [5.74, 6) is -4.16. The Bertz CT molecular complexity index is 2530. The van der Waals surface area contributed by atoms with E-state index in [4.69, 9.17) is 33.2 Å². The first kappa shape index (κ1) is 67.9. The van der Waals surface area contributed by atoms with Crippen LogP contribution in [0.25, 0.3) is 0 Å². The Labute approximate surface area is 479 Å². The van der Waals surface area contributed by atoms with Crippen LogP contribution in [0.4, 0.5) is 0 Å². The topological polar surface area (TPSA) is 210 Å². The van der Waals surface area contributed by atoms with Crippen molar-refractivity contribution in [3.63, 3.8) is 0 Å². The second-order valence-electron chi connectivity index (χ2n) is 21.4. The molecule has 442 valence electrons. The Morgan fingerprint density at radius 2 is 0.802 bits per heavy atom. The van der Waals surface area contributed by atoms with Crippen molar-refractivity contribution in [3.05, 3.63) is 145 Å². The van der Waals surface area contributed by atoms with Crippen LogP contribution in [0.2, 0.25) is 0 Å². The van der Waals surface area contributed by atoms with Gasteiger partial charge >= 0.3 is 47.8 Å². The summed E-state index contributed by atoms with van der Waals surface area (Å²) in [5, 5.41) is 0. The first-order valence-corrected chi connectivity index (χ1v) is 28.0. The Balaban J connectivity index is 0.000000287. The van der Waals surface area contributed by atoms with Crippen molar-refractivity contribution in [3.8, 4) is 0 Å². The number of ether oxygens (including phenoxy) is 8. The van der Waals surface area contributed by atoms with E-state index >= 15 is 0 Å². The summed E-state index contributed by atoms with van der Waals surface area (Å²) in [5.41, 5.74) is 0.720. The van der Waals surface area contributed by atoms with Gasteiger partial charge in [-0.05, 0) is 147 Å². The average Bonchev–Trinajstić information content (AvgIpc) is 3.95. The molecule has 0 spiro atoms. The van der Waals surface area contributed by atoms with Crippen molar-refractivity contribution < 1.29 is 76.3 Å². The molecule has 0 bridgehead atoms. The molecule has 0 amide bonds. The van der Waals surface area contributed by atoms with Crippen LogP contribution in [-0.4, -0.2) is 85.4 Å². The maximum Gasteiger partial charge on any atom is 0.345 e. The summed E-state index contributed by atoms with van der Waals surface area (Å²) >= 11 is 0. The Morgan fingerprint density at radius 1 is 0.469 bits per heavy atom. The maximum atomic E-state index is 12.3. The third-order valence-corrected chi connectivity index (χ3v) is 14.3. The second-order valence-corrected chi connectivity index (χ2v) is 21.4. The van der Waals surface area contributed by atoms with Gasteiger partial charge in [-0.2, -0.15) is 0 Å². The molecule has 2 aromatic carbocycles. The molecule has 0 aliphatic heterocycles. The second kappa shape index (κ2) is 34.0. The highest BCUT2D eigenvalue weighted by molar-refractivity contribution is 5.90. The van der Waals surface area contributed by atoms with E-state index < -0.39 is 70.2 Å². The predicted molar refractivity (Wildman–Crippen MR) is 306 cm³/mol. The highest BCUT2D eigenvalue weighted by Gasteiger charge is 2.42. The van der Waals surface area contributed by atoms with E-state index in [1.165, 1.54) is 20.3 Å². The van der Waals surface area contributed by atoms with Crippen molar-refractivity contribution in [2.24, 2.45) is 5.92 Å². The van der Waals surface area contributed by atoms with Crippen LogP contribution in [0, 0.1) is 5.92 Å². The van der Waals surface area contributed by atoms with Crippen LogP contribution < -0.4 is 0 Å². The van der Waals surface area contributed by atoms with Gasteiger partial charge in [-0.1, -0.05) is 139 Å². The summed E-state index contributed by atoms with van der Waals surface area (Å²) in [4.78, 5) is 92.6. The summed E-state index contributed by atoms with van der Waals surface area (Å²) in [6, 6.07) is 19.8. The molecule has 3 saturated carbocycles. The van der Waals surface area contributed by atoms with Gasteiger partial charge in [0.2, 0.25) is 0 Å². The molecule has 0 N–H and O–H groups in total. The molecule has 0 heterocycles. The monoisotopic (exact) mass is 1120 g/mol. The molecular formula is C65H86O16.